The van der Waals surface area contributed by atoms with E-state index in [1.807, 2.05) is 43.6 Å². The number of methoxy groups -OCH3 is 1. The van der Waals surface area contributed by atoms with E-state index in [9.17, 15) is 4.79 Å². The summed E-state index contributed by atoms with van der Waals surface area (Å²) in [6, 6.07) is 19.1. The average Bonchev–Trinajstić information content (AvgIpc) is 3.29. The smallest absolute Gasteiger partial charge is 0.247 e. The van der Waals surface area contributed by atoms with Crippen LogP contribution in [0, 0.1) is 6.92 Å². The molecule has 174 valence electrons. The number of carbonyl (C=O) groups is 1. The van der Waals surface area contributed by atoms with E-state index in [1.54, 1.807) is 30.3 Å². The van der Waals surface area contributed by atoms with Crippen molar-refractivity contribution >= 4 is 11.7 Å². The molecule has 0 fully saturated rings. The third-order valence-corrected chi connectivity index (χ3v) is 5.65. The molecule has 0 aliphatic rings. The van der Waals surface area contributed by atoms with Gasteiger partial charge in [0, 0.05) is 42.7 Å². The second-order valence-corrected chi connectivity index (χ2v) is 8.19. The van der Waals surface area contributed by atoms with Gasteiger partial charge in [0.05, 0.1) is 13.3 Å². The number of hydrogen-bond donors (Lipinski definition) is 2. The highest BCUT2D eigenvalue weighted by Crippen LogP contribution is 2.26. The van der Waals surface area contributed by atoms with E-state index in [0.717, 1.165) is 23.1 Å². The molecule has 34 heavy (non-hydrogen) atoms. The van der Waals surface area contributed by atoms with Crippen LogP contribution >= 0.6 is 0 Å². The number of benzene rings is 2. The van der Waals surface area contributed by atoms with Crippen molar-refractivity contribution in [2.45, 2.75) is 19.4 Å². The molecule has 7 heteroatoms. The van der Waals surface area contributed by atoms with Crippen LogP contribution in [-0.4, -0.2) is 34.3 Å². The van der Waals surface area contributed by atoms with E-state index in [4.69, 9.17) is 4.74 Å². The fraction of sp³-hybridized carbons (Fsp3) is 0.222. The fourth-order valence-corrected chi connectivity index (χ4v) is 3.77. The highest BCUT2D eigenvalue weighted by atomic mass is 16.5. The zero-order chi connectivity index (χ0) is 23.9. The van der Waals surface area contributed by atoms with Crippen molar-refractivity contribution in [3.05, 3.63) is 95.9 Å². The Morgan fingerprint density at radius 3 is 2.50 bits per heavy atom. The lowest BCUT2D eigenvalue weighted by Gasteiger charge is -2.21. The number of hydrogen-bond acceptors (Lipinski definition) is 5. The van der Waals surface area contributed by atoms with Crippen LogP contribution in [0.25, 0.3) is 11.1 Å². The van der Waals surface area contributed by atoms with Gasteiger partial charge in [0.15, 0.2) is 0 Å². The van der Waals surface area contributed by atoms with E-state index in [2.05, 4.69) is 51.9 Å². The van der Waals surface area contributed by atoms with Crippen LogP contribution in [0.1, 0.15) is 22.7 Å². The summed E-state index contributed by atoms with van der Waals surface area (Å²) >= 11 is 0. The molecule has 2 aromatic carbocycles. The topological polar surface area (TPSA) is 81.1 Å². The van der Waals surface area contributed by atoms with Crippen LogP contribution in [0.3, 0.4) is 0 Å². The number of anilines is 1. The lowest BCUT2D eigenvalue weighted by molar-refractivity contribution is -0.118. The van der Waals surface area contributed by atoms with Crippen LogP contribution in [-0.2, 0) is 18.3 Å². The van der Waals surface area contributed by atoms with E-state index >= 15 is 0 Å². The highest BCUT2D eigenvalue weighted by molar-refractivity contribution is 5.95. The van der Waals surface area contributed by atoms with Crippen molar-refractivity contribution in [1.29, 1.82) is 0 Å². The normalized spacial score (nSPS) is 11.7. The van der Waals surface area contributed by atoms with E-state index < -0.39 is 6.04 Å². The van der Waals surface area contributed by atoms with Crippen LogP contribution in [0.2, 0.25) is 0 Å². The number of nitrogens with one attached hydrogen (secondary N) is 2. The average molecular weight is 456 g/mol. The Balaban J connectivity index is 1.49. The molecule has 7 nitrogen and oxygen atoms in total. The minimum Gasteiger partial charge on any atom is -0.496 e. The number of amides is 1. The monoisotopic (exact) mass is 455 g/mol. The van der Waals surface area contributed by atoms with Gasteiger partial charge < -0.3 is 15.4 Å². The predicted molar refractivity (Wildman–Crippen MR) is 134 cm³/mol. The van der Waals surface area contributed by atoms with Crippen molar-refractivity contribution in [1.82, 2.24) is 20.1 Å². The Labute approximate surface area is 199 Å². The molecule has 4 aromatic rings. The summed E-state index contributed by atoms with van der Waals surface area (Å²) in [5, 5.41) is 10.5. The van der Waals surface area contributed by atoms with Gasteiger partial charge in [0.1, 0.15) is 17.6 Å². The first-order valence-electron chi connectivity index (χ1n) is 11.2. The number of carbonyl (C=O) groups excluding carboxylic acids is 1. The maximum absolute atomic E-state index is 13.3. The molecule has 0 bridgehead atoms. The predicted octanol–water partition coefficient (Wildman–Crippen LogP) is 4.31. The Morgan fingerprint density at radius 2 is 1.82 bits per heavy atom. The summed E-state index contributed by atoms with van der Waals surface area (Å²) in [5.74, 6) is 0.943. The molecule has 0 unspecified atom stereocenters. The van der Waals surface area contributed by atoms with Gasteiger partial charge in [-0.1, -0.05) is 48.0 Å². The quantitative estimate of drug-likeness (QED) is 0.393. The largest absolute Gasteiger partial charge is 0.496 e. The molecule has 0 aliphatic carbocycles. The SMILES string of the molecule is COc1ccccc1[C@H](NCCc1ccc(C)cc1)C(=O)Nc1ccc(-c2cnn(C)c2)cn1. The molecule has 0 saturated heterocycles. The summed E-state index contributed by atoms with van der Waals surface area (Å²) in [6.07, 6.45) is 6.24. The Hall–Kier alpha value is -3.97. The van der Waals surface area contributed by atoms with Gasteiger partial charge in [-0.05, 0) is 37.1 Å². The zero-order valence-electron chi connectivity index (χ0n) is 19.7. The van der Waals surface area contributed by atoms with Gasteiger partial charge >= 0.3 is 0 Å². The van der Waals surface area contributed by atoms with Gasteiger partial charge in [-0.15, -0.1) is 0 Å². The van der Waals surface area contributed by atoms with Crippen LogP contribution in [0.15, 0.2) is 79.3 Å². The summed E-state index contributed by atoms with van der Waals surface area (Å²) < 4.78 is 7.27. The van der Waals surface area contributed by atoms with Crippen LogP contribution in [0.5, 0.6) is 5.75 Å². The first-order chi connectivity index (χ1) is 16.5. The highest BCUT2D eigenvalue weighted by Gasteiger charge is 2.23. The lowest BCUT2D eigenvalue weighted by atomic mass is 10.0. The molecule has 1 atom stereocenters. The number of aromatic nitrogens is 3. The standard InChI is InChI=1S/C27H29N5O2/c1-19-8-10-20(11-9-19)14-15-28-26(23-6-4-5-7-24(23)34-3)27(33)31-25-13-12-21(16-29-25)22-17-30-32(2)18-22/h4-13,16-18,26,28H,14-15H2,1-3H3,(H,29,31,33)/t26-/m0/s1. The third-order valence-electron chi connectivity index (χ3n) is 5.65. The van der Waals surface area contributed by atoms with Crippen molar-refractivity contribution in [3.8, 4) is 16.9 Å². The maximum Gasteiger partial charge on any atom is 0.247 e. The maximum atomic E-state index is 13.3. The number of para-hydroxylation sites is 1. The minimum absolute atomic E-state index is 0.199. The van der Waals surface area contributed by atoms with Gasteiger partial charge in [-0.2, -0.15) is 5.10 Å². The molecule has 2 aromatic heterocycles. The van der Waals surface area contributed by atoms with Crippen molar-refractivity contribution in [3.63, 3.8) is 0 Å². The molecule has 0 aliphatic heterocycles. The number of aryl methyl sites for hydroxylation is 2. The first-order valence-corrected chi connectivity index (χ1v) is 11.2. The Morgan fingerprint density at radius 1 is 1.03 bits per heavy atom. The number of nitrogens with zero attached hydrogens (tertiary/aromatic N) is 3. The molecule has 1 amide bonds. The first kappa shape index (κ1) is 23.2. The third kappa shape index (κ3) is 5.68. The van der Waals surface area contributed by atoms with E-state index in [0.29, 0.717) is 18.1 Å². The van der Waals surface area contributed by atoms with Crippen molar-refractivity contribution < 1.29 is 9.53 Å². The van der Waals surface area contributed by atoms with Gasteiger partial charge in [0.25, 0.3) is 0 Å². The van der Waals surface area contributed by atoms with Crippen molar-refractivity contribution in [2.24, 2.45) is 7.05 Å². The molecular formula is C27H29N5O2. The molecule has 0 saturated carbocycles. The zero-order valence-corrected chi connectivity index (χ0v) is 19.7. The van der Waals surface area contributed by atoms with Crippen LogP contribution in [0.4, 0.5) is 5.82 Å². The van der Waals surface area contributed by atoms with E-state index in [1.165, 1.54) is 11.1 Å². The fourth-order valence-electron chi connectivity index (χ4n) is 3.77. The molecule has 0 radical (unpaired) electrons. The minimum atomic E-state index is -0.596. The second-order valence-electron chi connectivity index (χ2n) is 8.19. The molecule has 0 spiro atoms. The number of ether oxygens (including phenoxy) is 1. The van der Waals surface area contributed by atoms with E-state index in [-0.39, 0.29) is 5.91 Å². The summed E-state index contributed by atoms with van der Waals surface area (Å²) in [5.41, 5.74) is 5.12. The lowest BCUT2D eigenvalue weighted by Crippen LogP contribution is -2.34. The Bertz CT molecular complexity index is 1230. The summed E-state index contributed by atoms with van der Waals surface area (Å²) in [4.78, 5) is 17.8. The number of pyridine rings is 1. The second kappa shape index (κ2) is 10.8. The van der Waals surface area contributed by atoms with Crippen LogP contribution < -0.4 is 15.4 Å². The summed E-state index contributed by atoms with van der Waals surface area (Å²) in [6.45, 7) is 2.70. The molecular weight excluding hydrogens is 426 g/mol. The number of rotatable bonds is 9. The Kier molecular flexibility index (Phi) is 7.34. The molecule has 4 rings (SSSR count). The van der Waals surface area contributed by atoms with Gasteiger partial charge in [-0.25, -0.2) is 4.98 Å². The van der Waals surface area contributed by atoms with Crippen molar-refractivity contribution in [2.75, 3.05) is 19.0 Å². The van der Waals surface area contributed by atoms with Gasteiger partial charge in [0.2, 0.25) is 5.91 Å². The van der Waals surface area contributed by atoms with Gasteiger partial charge in [-0.3, -0.25) is 9.48 Å². The molecule has 2 heterocycles. The molecule has 2 N–H and O–H groups in total. The summed E-state index contributed by atoms with van der Waals surface area (Å²) in [7, 11) is 3.48.